The Hall–Kier alpha value is -2.71. The zero-order valence-electron chi connectivity index (χ0n) is 21.6. The topological polar surface area (TPSA) is 81.7 Å². The monoisotopic (exact) mass is 561 g/mol. The van der Waals surface area contributed by atoms with Crippen LogP contribution in [0.1, 0.15) is 48.2 Å². The molecule has 0 radical (unpaired) electrons. The molecular weight excluding hydrogens is 524 g/mol. The van der Waals surface area contributed by atoms with E-state index < -0.39 is 5.97 Å². The number of carbonyl (C=O) groups excluding carboxylic acids is 3. The van der Waals surface area contributed by atoms with E-state index in [-0.39, 0.29) is 47.2 Å². The SMILES string of the molecule is Br.COC(=O)c1cccc(C)c1NC(=O)C[N+]1(Cc2ccccc2)CCCC(C(=O)OCC(C)C)C1. The van der Waals surface area contributed by atoms with Crippen LogP contribution in [0.3, 0.4) is 0 Å². The number of nitrogens with one attached hydrogen (secondary N) is 1. The minimum absolute atomic E-state index is 0. The molecule has 1 aliphatic heterocycles. The minimum Gasteiger partial charge on any atom is -0.465 e. The summed E-state index contributed by atoms with van der Waals surface area (Å²) in [7, 11) is 1.32. The fourth-order valence-electron chi connectivity index (χ4n) is 4.79. The van der Waals surface area contributed by atoms with E-state index >= 15 is 0 Å². The molecule has 0 saturated carbocycles. The van der Waals surface area contributed by atoms with Crippen LogP contribution in [-0.2, 0) is 25.6 Å². The number of anilines is 1. The van der Waals surface area contributed by atoms with Crippen LogP contribution in [0.25, 0.3) is 0 Å². The number of nitrogens with zero attached hydrogens (tertiary/aromatic N) is 1. The van der Waals surface area contributed by atoms with Crippen molar-refractivity contribution in [2.24, 2.45) is 11.8 Å². The Labute approximate surface area is 224 Å². The van der Waals surface area contributed by atoms with Crippen molar-refractivity contribution in [2.75, 3.05) is 38.7 Å². The number of para-hydroxylation sites is 1. The minimum atomic E-state index is -0.497. The standard InChI is InChI=1S/C28H36N2O5.BrH/c1-20(2)19-35-27(32)23-13-9-15-30(17-23,16-22-11-6-5-7-12-22)18-25(31)29-26-21(3)10-8-14-24(26)28(33)34-4;/h5-8,10-12,14,20,23H,9,13,15-19H2,1-4H3;1H/p+1. The van der Waals surface area contributed by atoms with Crippen molar-refractivity contribution in [3.63, 3.8) is 0 Å². The Morgan fingerprint density at radius 2 is 1.81 bits per heavy atom. The Bertz CT molecular complexity index is 1040. The van der Waals surface area contributed by atoms with Crippen molar-refractivity contribution in [3.8, 4) is 0 Å². The van der Waals surface area contributed by atoms with E-state index in [0.29, 0.717) is 35.4 Å². The van der Waals surface area contributed by atoms with E-state index in [1.165, 1.54) is 7.11 Å². The van der Waals surface area contributed by atoms with Crippen molar-refractivity contribution in [2.45, 2.75) is 40.2 Å². The number of piperidine rings is 1. The van der Waals surface area contributed by atoms with Crippen molar-refractivity contribution >= 4 is 40.5 Å². The van der Waals surface area contributed by atoms with Crippen LogP contribution in [0.2, 0.25) is 0 Å². The molecule has 2 aromatic carbocycles. The van der Waals surface area contributed by atoms with Crippen molar-refractivity contribution in [3.05, 3.63) is 65.2 Å². The first-order valence-corrected chi connectivity index (χ1v) is 12.3. The van der Waals surface area contributed by atoms with Crippen molar-refractivity contribution in [1.82, 2.24) is 0 Å². The maximum absolute atomic E-state index is 13.4. The highest BCUT2D eigenvalue weighted by molar-refractivity contribution is 8.93. The molecule has 1 amide bonds. The lowest BCUT2D eigenvalue weighted by molar-refractivity contribution is -0.940. The van der Waals surface area contributed by atoms with Gasteiger partial charge >= 0.3 is 11.9 Å². The lowest BCUT2D eigenvalue weighted by Crippen LogP contribution is -2.58. The average Bonchev–Trinajstić information content (AvgIpc) is 2.83. The number of ether oxygens (including phenoxy) is 2. The number of likely N-dealkylation sites (tertiary alicyclic amines) is 1. The molecule has 196 valence electrons. The molecule has 0 aromatic heterocycles. The Kier molecular flexibility index (Phi) is 11.1. The first kappa shape index (κ1) is 29.5. The van der Waals surface area contributed by atoms with Crippen LogP contribution in [0.5, 0.6) is 0 Å². The molecule has 7 nitrogen and oxygen atoms in total. The van der Waals surface area contributed by atoms with Gasteiger partial charge in [0.25, 0.3) is 5.91 Å². The Morgan fingerprint density at radius 1 is 1.08 bits per heavy atom. The second-order valence-electron chi connectivity index (χ2n) is 9.95. The van der Waals surface area contributed by atoms with Crippen LogP contribution >= 0.6 is 17.0 Å². The predicted molar refractivity (Wildman–Crippen MR) is 145 cm³/mol. The van der Waals surface area contributed by atoms with Gasteiger partial charge in [-0.2, -0.15) is 0 Å². The number of carbonyl (C=O) groups is 3. The van der Waals surface area contributed by atoms with E-state index in [1.807, 2.05) is 45.0 Å². The van der Waals surface area contributed by atoms with E-state index in [1.54, 1.807) is 12.1 Å². The molecule has 1 saturated heterocycles. The number of benzene rings is 2. The summed E-state index contributed by atoms with van der Waals surface area (Å²) in [4.78, 5) is 38.5. The number of hydrogen-bond acceptors (Lipinski definition) is 5. The summed E-state index contributed by atoms with van der Waals surface area (Å²) >= 11 is 0. The molecule has 2 unspecified atom stereocenters. The summed E-state index contributed by atoms with van der Waals surface area (Å²) in [6.45, 7) is 8.43. The first-order chi connectivity index (χ1) is 16.7. The highest BCUT2D eigenvalue weighted by atomic mass is 79.9. The van der Waals surface area contributed by atoms with Gasteiger partial charge in [0.1, 0.15) is 12.5 Å². The molecule has 0 bridgehead atoms. The van der Waals surface area contributed by atoms with Gasteiger partial charge in [0.05, 0.1) is 38.1 Å². The van der Waals surface area contributed by atoms with Gasteiger partial charge in [-0.05, 0) is 37.3 Å². The molecule has 1 heterocycles. The third-order valence-electron chi connectivity index (χ3n) is 6.47. The van der Waals surface area contributed by atoms with E-state index in [9.17, 15) is 14.4 Å². The van der Waals surface area contributed by atoms with Crippen LogP contribution in [-0.4, -0.2) is 55.7 Å². The van der Waals surface area contributed by atoms with Gasteiger partial charge in [-0.3, -0.25) is 9.59 Å². The summed E-state index contributed by atoms with van der Waals surface area (Å²) < 4.78 is 10.9. The summed E-state index contributed by atoms with van der Waals surface area (Å²) in [5.74, 6) is -0.848. The zero-order valence-corrected chi connectivity index (χ0v) is 23.3. The first-order valence-electron chi connectivity index (χ1n) is 12.3. The third-order valence-corrected chi connectivity index (χ3v) is 6.47. The van der Waals surface area contributed by atoms with Crippen LogP contribution in [0.4, 0.5) is 5.69 Å². The highest BCUT2D eigenvalue weighted by Crippen LogP contribution is 2.29. The number of hydrogen-bond donors (Lipinski definition) is 1. The van der Waals surface area contributed by atoms with E-state index in [0.717, 1.165) is 30.5 Å². The van der Waals surface area contributed by atoms with Gasteiger partial charge in [-0.15, -0.1) is 17.0 Å². The number of methoxy groups -OCH3 is 1. The fraction of sp³-hybridized carbons (Fsp3) is 0.464. The molecule has 36 heavy (non-hydrogen) atoms. The van der Waals surface area contributed by atoms with Gasteiger partial charge in [-0.1, -0.05) is 56.3 Å². The predicted octanol–water partition coefficient (Wildman–Crippen LogP) is 4.92. The van der Waals surface area contributed by atoms with Gasteiger partial charge in [-0.25, -0.2) is 4.79 Å². The molecular formula is C28H38BrN2O5+. The van der Waals surface area contributed by atoms with Crippen molar-refractivity contribution < 1.29 is 28.3 Å². The Balaban J connectivity index is 0.00000456. The number of esters is 2. The summed E-state index contributed by atoms with van der Waals surface area (Å²) in [6.07, 6.45) is 1.59. The molecule has 2 aromatic rings. The fourth-order valence-corrected chi connectivity index (χ4v) is 4.79. The van der Waals surface area contributed by atoms with Gasteiger partial charge in [0.2, 0.25) is 0 Å². The van der Waals surface area contributed by atoms with Gasteiger partial charge in [0, 0.05) is 5.56 Å². The molecule has 1 fully saturated rings. The lowest BCUT2D eigenvalue weighted by Gasteiger charge is -2.43. The lowest BCUT2D eigenvalue weighted by atomic mass is 9.94. The molecule has 1 aliphatic rings. The second-order valence-corrected chi connectivity index (χ2v) is 9.95. The summed E-state index contributed by atoms with van der Waals surface area (Å²) in [5, 5.41) is 2.96. The van der Waals surface area contributed by atoms with Crippen LogP contribution in [0, 0.1) is 18.8 Å². The molecule has 3 rings (SSSR count). The normalized spacial score (nSPS) is 19.2. The van der Waals surface area contributed by atoms with Crippen LogP contribution in [0.15, 0.2) is 48.5 Å². The Morgan fingerprint density at radius 3 is 2.47 bits per heavy atom. The maximum Gasteiger partial charge on any atom is 0.339 e. The quantitative estimate of drug-likeness (QED) is 0.347. The van der Waals surface area contributed by atoms with E-state index in [4.69, 9.17) is 9.47 Å². The van der Waals surface area contributed by atoms with Crippen LogP contribution < -0.4 is 5.32 Å². The molecule has 1 N–H and O–H groups in total. The van der Waals surface area contributed by atoms with Gasteiger partial charge in [0.15, 0.2) is 6.54 Å². The van der Waals surface area contributed by atoms with Gasteiger partial charge < -0.3 is 19.3 Å². The summed E-state index contributed by atoms with van der Waals surface area (Å²) in [5.41, 5.74) is 2.68. The average molecular weight is 563 g/mol. The number of aryl methyl sites for hydroxylation is 1. The number of quaternary nitrogens is 1. The highest BCUT2D eigenvalue weighted by Gasteiger charge is 2.40. The molecule has 0 aliphatic carbocycles. The second kappa shape index (κ2) is 13.6. The largest absolute Gasteiger partial charge is 0.465 e. The van der Waals surface area contributed by atoms with Crippen molar-refractivity contribution in [1.29, 1.82) is 0 Å². The molecule has 8 heteroatoms. The molecule has 0 spiro atoms. The van der Waals surface area contributed by atoms with E-state index in [2.05, 4.69) is 17.4 Å². The zero-order chi connectivity index (χ0) is 25.4. The number of halogens is 1. The molecule has 2 atom stereocenters. The smallest absolute Gasteiger partial charge is 0.339 e. The number of amides is 1. The summed E-state index contributed by atoms with van der Waals surface area (Å²) in [6, 6.07) is 15.3. The maximum atomic E-state index is 13.4. The number of rotatable bonds is 9. The third kappa shape index (κ3) is 7.90.